The molecule has 2 heteroatoms. The quantitative estimate of drug-likeness (QED) is 0.157. The van der Waals surface area contributed by atoms with E-state index in [0.29, 0.717) is 0 Å². The maximum atomic E-state index is 2.66. The van der Waals surface area contributed by atoms with E-state index in [2.05, 4.69) is 358 Å². The highest BCUT2D eigenvalue weighted by Crippen LogP contribution is 2.69. The standard InChI is InChI=1S/C96H76N2/c1-91(2)75-37-21-15-27-61(75)65-47-43-57(51-81(65)91)97(58-44-48-66-62-28-16-22-38-76(62)92(3,4)82(66)52-58)87-55-85-89(71-33-13-11-31-69(71)87)73-35-19-25-41-79(73)95(85,9)96(10)80-42-26-20-36-74(80)90-72-34-14-12-32-70(72)88(56-86(90)96)98(59-45-49-67-63-29-17-23-39-77(63)93(5,6)83(67)53-59)60-46-50-68-64-30-18-24-40-78(64)94(7,8)84(68)54-60/h11-56H,1-10H3. The number of fused-ring (bicyclic) bond motifs is 22. The monoisotopic (exact) mass is 1260 g/mol. The Bertz CT molecular complexity index is 5310. The van der Waals surface area contributed by atoms with Crippen LogP contribution >= 0.6 is 0 Å². The van der Waals surface area contributed by atoms with Gasteiger partial charge in [0.05, 0.1) is 11.4 Å². The van der Waals surface area contributed by atoms with E-state index in [-0.39, 0.29) is 21.7 Å². The van der Waals surface area contributed by atoms with Gasteiger partial charge in [-0.2, -0.15) is 0 Å². The summed E-state index contributed by atoms with van der Waals surface area (Å²) in [7, 11) is 0. The summed E-state index contributed by atoms with van der Waals surface area (Å²) in [6.07, 6.45) is 0. The minimum atomic E-state index is -0.648. The maximum absolute atomic E-state index is 2.66. The molecule has 0 heterocycles. The van der Waals surface area contributed by atoms with E-state index >= 15 is 0 Å². The molecule has 470 valence electrons. The number of hydrogen-bond donors (Lipinski definition) is 0. The van der Waals surface area contributed by atoms with Gasteiger partial charge in [0.2, 0.25) is 0 Å². The van der Waals surface area contributed by atoms with E-state index in [1.165, 1.54) is 166 Å². The SMILES string of the molecule is CC1(C)c2ccccc2-c2ccc(N(c3ccc4c(c3)C(C)(C)c3ccccc3-4)c3cc4c(c5ccccc35)-c3ccccc3C4(C)C3(C)c4ccccc4-c4c3cc(N(c3ccc5c(c3)C(C)(C)c3ccccc3-5)c3ccc5c(c3)C(C)(C)c3ccccc3-5)c3ccccc43)cc21. The van der Waals surface area contributed by atoms with Crippen LogP contribution in [0.2, 0.25) is 0 Å². The summed E-state index contributed by atoms with van der Waals surface area (Å²) in [5, 5.41) is 4.96. The summed E-state index contributed by atoms with van der Waals surface area (Å²) < 4.78 is 0. The topological polar surface area (TPSA) is 6.48 Å². The second-order valence-corrected chi connectivity index (χ2v) is 31.3. The first-order chi connectivity index (χ1) is 47.4. The molecule has 0 saturated heterocycles. The van der Waals surface area contributed by atoms with E-state index in [4.69, 9.17) is 0 Å². The van der Waals surface area contributed by atoms with Crippen LogP contribution in [-0.4, -0.2) is 0 Å². The predicted octanol–water partition coefficient (Wildman–Crippen LogP) is 25.4. The Hall–Kier alpha value is -10.8. The van der Waals surface area contributed by atoms with Gasteiger partial charge in [0.1, 0.15) is 0 Å². The van der Waals surface area contributed by atoms with Gasteiger partial charge in [0, 0.05) is 66.0 Å². The van der Waals surface area contributed by atoms with Gasteiger partial charge in [0.25, 0.3) is 0 Å². The Morgan fingerprint density at radius 1 is 0.184 bits per heavy atom. The number of benzene rings is 14. The first-order valence-corrected chi connectivity index (χ1v) is 35.3. The molecule has 0 amide bonds. The van der Waals surface area contributed by atoms with Gasteiger partial charge in [-0.15, -0.1) is 0 Å². The molecule has 0 bridgehead atoms. The number of nitrogens with zero attached hydrogens (tertiary/aromatic N) is 2. The van der Waals surface area contributed by atoms with Crippen LogP contribution < -0.4 is 9.80 Å². The summed E-state index contributed by atoms with van der Waals surface area (Å²) in [5.74, 6) is 0. The summed E-state index contributed by atoms with van der Waals surface area (Å²) in [6, 6.07) is 109. The van der Waals surface area contributed by atoms with E-state index in [1.54, 1.807) is 0 Å². The van der Waals surface area contributed by atoms with Crippen LogP contribution in [0.4, 0.5) is 34.1 Å². The van der Waals surface area contributed by atoms with Gasteiger partial charge in [0.15, 0.2) is 0 Å². The number of hydrogen-bond acceptors (Lipinski definition) is 2. The van der Waals surface area contributed by atoms with Crippen LogP contribution in [0.25, 0.3) is 88.3 Å². The molecule has 14 aromatic rings. The lowest BCUT2D eigenvalue weighted by Crippen LogP contribution is -2.44. The van der Waals surface area contributed by atoms with Crippen LogP contribution in [0.15, 0.2) is 279 Å². The zero-order chi connectivity index (χ0) is 66.3. The molecule has 2 unspecified atom stereocenters. The van der Waals surface area contributed by atoms with Crippen molar-refractivity contribution in [2.45, 2.75) is 102 Å². The molecule has 0 spiro atoms. The number of rotatable bonds is 7. The van der Waals surface area contributed by atoms with Crippen molar-refractivity contribution < 1.29 is 0 Å². The third-order valence-electron chi connectivity index (χ3n) is 25.4. The highest BCUT2D eigenvalue weighted by Gasteiger charge is 2.59. The van der Waals surface area contributed by atoms with E-state index in [1.807, 2.05) is 0 Å². The van der Waals surface area contributed by atoms with Gasteiger partial charge < -0.3 is 9.80 Å². The fourth-order valence-electron chi connectivity index (χ4n) is 20.3. The Kier molecular flexibility index (Phi) is 11.4. The molecule has 6 aliphatic carbocycles. The second kappa shape index (κ2) is 19.5. The Morgan fingerprint density at radius 3 is 0.694 bits per heavy atom. The van der Waals surface area contributed by atoms with Crippen LogP contribution in [-0.2, 0) is 32.5 Å². The third kappa shape index (κ3) is 7.17. The molecule has 0 N–H and O–H groups in total. The lowest BCUT2D eigenvalue weighted by atomic mass is 9.56. The van der Waals surface area contributed by atoms with Crippen LogP contribution in [0.3, 0.4) is 0 Å². The van der Waals surface area contributed by atoms with E-state index in [9.17, 15) is 0 Å². The molecule has 0 radical (unpaired) electrons. The highest BCUT2D eigenvalue weighted by molar-refractivity contribution is 6.14. The van der Waals surface area contributed by atoms with Crippen molar-refractivity contribution in [2.24, 2.45) is 0 Å². The van der Waals surface area contributed by atoms with Crippen molar-refractivity contribution in [1.29, 1.82) is 0 Å². The molecule has 98 heavy (non-hydrogen) atoms. The fourth-order valence-corrected chi connectivity index (χ4v) is 20.3. The lowest BCUT2D eigenvalue weighted by Gasteiger charge is -2.46. The molecular weight excluding hydrogens is 1180 g/mol. The molecule has 2 nitrogen and oxygen atoms in total. The zero-order valence-electron chi connectivity index (χ0n) is 57.5. The average molecular weight is 1260 g/mol. The normalized spacial score (nSPS) is 18.5. The molecule has 0 aromatic heterocycles. The van der Waals surface area contributed by atoms with Crippen LogP contribution in [0.1, 0.15) is 136 Å². The molecule has 14 aromatic carbocycles. The van der Waals surface area contributed by atoms with Crippen molar-refractivity contribution in [1.82, 2.24) is 0 Å². The molecular formula is C96H76N2. The molecule has 0 aliphatic heterocycles. The van der Waals surface area contributed by atoms with Crippen LogP contribution in [0.5, 0.6) is 0 Å². The summed E-state index contributed by atoms with van der Waals surface area (Å²) in [5.41, 5.74) is 36.9. The minimum Gasteiger partial charge on any atom is -0.310 e. The van der Waals surface area contributed by atoms with Crippen LogP contribution in [0, 0.1) is 0 Å². The van der Waals surface area contributed by atoms with Crippen molar-refractivity contribution in [2.75, 3.05) is 9.80 Å². The molecule has 0 fully saturated rings. The minimum absolute atomic E-state index is 0.210. The van der Waals surface area contributed by atoms with Gasteiger partial charge in [-0.1, -0.05) is 288 Å². The van der Waals surface area contributed by atoms with E-state index < -0.39 is 10.8 Å². The van der Waals surface area contributed by atoms with Gasteiger partial charge in [-0.05, 0) is 205 Å². The zero-order valence-corrected chi connectivity index (χ0v) is 57.5. The first kappa shape index (κ1) is 57.4. The lowest BCUT2D eigenvalue weighted by molar-refractivity contribution is 0.376. The van der Waals surface area contributed by atoms with Gasteiger partial charge in [-0.25, -0.2) is 0 Å². The average Bonchev–Trinajstić information content (AvgIpc) is 1.49. The molecule has 2 atom stereocenters. The molecule has 6 aliphatic rings. The molecule has 0 saturated carbocycles. The third-order valence-corrected chi connectivity index (χ3v) is 25.4. The van der Waals surface area contributed by atoms with E-state index in [0.717, 1.165) is 22.7 Å². The van der Waals surface area contributed by atoms with Crippen molar-refractivity contribution in [3.05, 3.63) is 346 Å². The van der Waals surface area contributed by atoms with Gasteiger partial charge in [-0.3, -0.25) is 0 Å². The Labute approximate surface area is 576 Å². The summed E-state index contributed by atoms with van der Waals surface area (Å²) in [6.45, 7) is 24.5. The Balaban J connectivity index is 0.856. The largest absolute Gasteiger partial charge is 0.310 e. The van der Waals surface area contributed by atoms with Crippen molar-refractivity contribution >= 4 is 55.7 Å². The fraction of sp³-hybridized carbons (Fsp3) is 0.167. The summed E-state index contributed by atoms with van der Waals surface area (Å²) in [4.78, 5) is 5.28. The van der Waals surface area contributed by atoms with Crippen molar-refractivity contribution in [3.8, 4) is 66.8 Å². The summed E-state index contributed by atoms with van der Waals surface area (Å²) >= 11 is 0. The molecule has 20 rings (SSSR count). The van der Waals surface area contributed by atoms with Gasteiger partial charge >= 0.3 is 0 Å². The Morgan fingerprint density at radius 2 is 0.408 bits per heavy atom. The maximum Gasteiger partial charge on any atom is 0.0543 e. The first-order valence-electron chi connectivity index (χ1n) is 35.3. The number of anilines is 6. The predicted molar refractivity (Wildman–Crippen MR) is 411 cm³/mol. The smallest absolute Gasteiger partial charge is 0.0543 e. The highest BCUT2D eigenvalue weighted by atomic mass is 15.2. The second-order valence-electron chi connectivity index (χ2n) is 31.3. The van der Waals surface area contributed by atoms with Crippen molar-refractivity contribution in [3.63, 3.8) is 0 Å².